The van der Waals surface area contributed by atoms with E-state index in [1.807, 2.05) is 41.9 Å². The summed E-state index contributed by atoms with van der Waals surface area (Å²) < 4.78 is 1.90. The third-order valence-corrected chi connectivity index (χ3v) is 5.44. The van der Waals surface area contributed by atoms with Gasteiger partial charge in [0.1, 0.15) is 5.82 Å². The van der Waals surface area contributed by atoms with Crippen LogP contribution in [0.15, 0.2) is 60.8 Å². The molecule has 0 saturated heterocycles. The maximum absolute atomic E-state index is 4.69. The zero-order chi connectivity index (χ0) is 21.9. The molecule has 2 N–H and O–H groups in total. The van der Waals surface area contributed by atoms with Crippen LogP contribution in [0.4, 0.5) is 5.82 Å². The third-order valence-electron chi connectivity index (χ3n) is 5.44. The van der Waals surface area contributed by atoms with Gasteiger partial charge < -0.3 is 5.32 Å². The normalized spacial score (nSPS) is 11.2. The van der Waals surface area contributed by atoms with E-state index in [2.05, 4.69) is 73.3 Å². The van der Waals surface area contributed by atoms with Gasteiger partial charge >= 0.3 is 0 Å². The van der Waals surface area contributed by atoms with Crippen LogP contribution in [-0.4, -0.2) is 35.2 Å². The number of H-pyrrole nitrogens is 1. The quantitative estimate of drug-likeness (QED) is 0.401. The first-order chi connectivity index (χ1) is 15.7. The van der Waals surface area contributed by atoms with E-state index >= 15 is 0 Å². The number of nitrogens with one attached hydrogen (secondary N) is 2. The molecule has 0 bridgehead atoms. The summed E-state index contributed by atoms with van der Waals surface area (Å²) >= 11 is 0. The Labute approximate surface area is 185 Å². The first kappa shape index (κ1) is 19.9. The van der Waals surface area contributed by atoms with Gasteiger partial charge in [-0.25, -0.2) is 4.98 Å². The van der Waals surface area contributed by atoms with Gasteiger partial charge in [-0.15, -0.1) is 10.2 Å². The number of aryl methyl sites for hydroxylation is 2. The number of rotatable bonds is 7. The van der Waals surface area contributed by atoms with E-state index in [1.165, 1.54) is 11.1 Å². The Balaban J connectivity index is 1.37. The SMILES string of the molecule is CCCc1cnn2c(NCc3ccc(-c4ccccc4-c4nn[nH]n4)cc3)cc(C)nc12. The van der Waals surface area contributed by atoms with Crippen molar-refractivity contribution in [1.29, 1.82) is 0 Å². The van der Waals surface area contributed by atoms with Crippen LogP contribution < -0.4 is 5.32 Å². The van der Waals surface area contributed by atoms with Gasteiger partial charge in [-0.3, -0.25) is 0 Å². The number of fused-ring (bicyclic) bond motifs is 1. The second-order valence-electron chi connectivity index (χ2n) is 7.77. The fourth-order valence-corrected chi connectivity index (χ4v) is 3.90. The Morgan fingerprint density at radius 1 is 1.03 bits per heavy atom. The van der Waals surface area contributed by atoms with E-state index in [0.717, 1.165) is 46.7 Å². The van der Waals surface area contributed by atoms with Gasteiger partial charge in [0.25, 0.3) is 0 Å². The third kappa shape index (κ3) is 3.82. The Morgan fingerprint density at radius 2 is 1.84 bits per heavy atom. The van der Waals surface area contributed by atoms with Gasteiger partial charge in [-0.2, -0.15) is 14.8 Å². The van der Waals surface area contributed by atoms with E-state index in [-0.39, 0.29) is 0 Å². The van der Waals surface area contributed by atoms with Gasteiger partial charge in [0, 0.05) is 29.4 Å². The fourth-order valence-electron chi connectivity index (χ4n) is 3.90. The number of hydrogen-bond acceptors (Lipinski definition) is 6. The van der Waals surface area contributed by atoms with Crippen LogP contribution in [0.3, 0.4) is 0 Å². The van der Waals surface area contributed by atoms with E-state index in [0.29, 0.717) is 12.4 Å². The molecule has 0 aliphatic heterocycles. The molecule has 0 amide bonds. The van der Waals surface area contributed by atoms with Crippen molar-refractivity contribution in [2.75, 3.05) is 5.32 Å². The van der Waals surface area contributed by atoms with Crippen molar-refractivity contribution in [3.63, 3.8) is 0 Å². The van der Waals surface area contributed by atoms with Gasteiger partial charge in [0.2, 0.25) is 5.82 Å². The van der Waals surface area contributed by atoms with Crippen molar-refractivity contribution in [2.45, 2.75) is 33.2 Å². The molecule has 8 heteroatoms. The molecule has 0 unspecified atom stereocenters. The number of anilines is 1. The van der Waals surface area contributed by atoms with Crippen molar-refractivity contribution < 1.29 is 0 Å². The summed E-state index contributed by atoms with van der Waals surface area (Å²) in [6, 6.07) is 18.6. The van der Waals surface area contributed by atoms with Gasteiger partial charge in [0.05, 0.1) is 6.20 Å². The number of nitrogens with zero attached hydrogens (tertiary/aromatic N) is 6. The van der Waals surface area contributed by atoms with Crippen LogP contribution in [0.2, 0.25) is 0 Å². The lowest BCUT2D eigenvalue weighted by molar-refractivity contribution is 0.881. The lowest BCUT2D eigenvalue weighted by Crippen LogP contribution is -2.07. The average Bonchev–Trinajstić information content (AvgIpc) is 3.49. The molecule has 5 aromatic rings. The molecular weight excluding hydrogens is 400 g/mol. The van der Waals surface area contributed by atoms with Gasteiger partial charge in [-0.05, 0) is 35.2 Å². The predicted molar refractivity (Wildman–Crippen MR) is 124 cm³/mol. The topological polar surface area (TPSA) is 96.7 Å². The van der Waals surface area contributed by atoms with Gasteiger partial charge in [-0.1, -0.05) is 61.9 Å². The molecule has 3 aromatic heterocycles. The number of aromatic nitrogens is 7. The molecule has 0 saturated carbocycles. The summed E-state index contributed by atoms with van der Waals surface area (Å²) in [7, 11) is 0. The summed E-state index contributed by atoms with van der Waals surface area (Å²) in [5.74, 6) is 1.53. The highest BCUT2D eigenvalue weighted by atomic mass is 15.5. The first-order valence-electron chi connectivity index (χ1n) is 10.7. The van der Waals surface area contributed by atoms with Crippen molar-refractivity contribution in [3.05, 3.63) is 77.6 Å². The molecule has 0 aliphatic rings. The predicted octanol–water partition coefficient (Wildman–Crippen LogP) is 4.45. The molecule has 0 aliphatic carbocycles. The molecule has 0 atom stereocenters. The minimum Gasteiger partial charge on any atom is -0.366 e. The Morgan fingerprint density at radius 3 is 2.59 bits per heavy atom. The highest BCUT2D eigenvalue weighted by Crippen LogP contribution is 2.29. The van der Waals surface area contributed by atoms with Crippen LogP contribution in [0.5, 0.6) is 0 Å². The zero-order valence-corrected chi connectivity index (χ0v) is 18.1. The monoisotopic (exact) mass is 424 g/mol. The summed E-state index contributed by atoms with van der Waals surface area (Å²) in [5.41, 5.74) is 7.39. The van der Waals surface area contributed by atoms with Crippen molar-refractivity contribution >= 4 is 11.5 Å². The van der Waals surface area contributed by atoms with E-state index in [4.69, 9.17) is 0 Å². The minimum atomic E-state index is 0.588. The smallest absolute Gasteiger partial charge is 0.205 e. The summed E-state index contributed by atoms with van der Waals surface area (Å²) in [6.07, 6.45) is 3.97. The molecule has 160 valence electrons. The largest absolute Gasteiger partial charge is 0.366 e. The highest BCUT2D eigenvalue weighted by molar-refractivity contribution is 5.80. The second kappa shape index (κ2) is 8.58. The molecule has 5 rings (SSSR count). The highest BCUT2D eigenvalue weighted by Gasteiger charge is 2.12. The maximum Gasteiger partial charge on any atom is 0.205 e. The Hall–Kier alpha value is -4.07. The molecule has 8 nitrogen and oxygen atoms in total. The molecule has 0 spiro atoms. The summed E-state index contributed by atoms with van der Waals surface area (Å²) in [6.45, 7) is 4.88. The number of hydrogen-bond donors (Lipinski definition) is 2. The average molecular weight is 425 g/mol. The van der Waals surface area contributed by atoms with E-state index < -0.39 is 0 Å². The van der Waals surface area contributed by atoms with Crippen molar-refractivity contribution in [1.82, 2.24) is 35.2 Å². The molecule has 32 heavy (non-hydrogen) atoms. The van der Waals surface area contributed by atoms with E-state index in [1.54, 1.807) is 0 Å². The summed E-state index contributed by atoms with van der Waals surface area (Å²) in [4.78, 5) is 4.69. The van der Waals surface area contributed by atoms with Crippen LogP contribution in [0.25, 0.3) is 28.2 Å². The molecule has 0 fully saturated rings. The fraction of sp³-hybridized carbons (Fsp3) is 0.208. The standard InChI is InChI=1S/C24H24N8/c1-3-6-19-15-26-32-22(13-16(2)27-24(19)32)25-14-17-9-11-18(12-10-17)20-7-4-5-8-21(20)23-28-30-31-29-23/h4-5,7-13,15,25H,3,6,14H2,1-2H3,(H,28,29,30,31). The minimum absolute atomic E-state index is 0.588. The number of benzene rings is 2. The lowest BCUT2D eigenvalue weighted by atomic mass is 9.98. The van der Waals surface area contributed by atoms with Crippen molar-refractivity contribution in [2.24, 2.45) is 0 Å². The molecule has 3 heterocycles. The molecular formula is C24H24N8. The van der Waals surface area contributed by atoms with Crippen molar-refractivity contribution in [3.8, 4) is 22.5 Å². The second-order valence-corrected chi connectivity index (χ2v) is 7.77. The van der Waals surface area contributed by atoms with Crippen LogP contribution >= 0.6 is 0 Å². The molecule has 0 radical (unpaired) electrons. The van der Waals surface area contributed by atoms with E-state index in [9.17, 15) is 0 Å². The molecule has 2 aromatic carbocycles. The number of aromatic amines is 1. The number of tetrazole rings is 1. The maximum atomic E-state index is 4.69. The van der Waals surface area contributed by atoms with Crippen LogP contribution in [0.1, 0.15) is 30.2 Å². The Kier molecular flexibility index (Phi) is 5.33. The summed E-state index contributed by atoms with van der Waals surface area (Å²) in [5, 5.41) is 22.5. The van der Waals surface area contributed by atoms with Crippen LogP contribution in [0, 0.1) is 6.92 Å². The van der Waals surface area contributed by atoms with Gasteiger partial charge in [0.15, 0.2) is 5.65 Å². The Bertz CT molecular complexity index is 1340. The lowest BCUT2D eigenvalue weighted by Gasteiger charge is -2.11. The zero-order valence-electron chi connectivity index (χ0n) is 18.1. The van der Waals surface area contributed by atoms with Crippen LogP contribution in [-0.2, 0) is 13.0 Å². The first-order valence-corrected chi connectivity index (χ1v) is 10.7.